The Kier molecular flexibility index (Phi) is 6.34. The molecule has 0 radical (unpaired) electrons. The summed E-state index contributed by atoms with van der Waals surface area (Å²) in [6.07, 6.45) is 0. The van der Waals surface area contributed by atoms with Gasteiger partial charge in [-0.25, -0.2) is 0 Å². The summed E-state index contributed by atoms with van der Waals surface area (Å²) >= 11 is 7.42. The van der Waals surface area contributed by atoms with E-state index in [1.807, 2.05) is 102 Å². The summed E-state index contributed by atoms with van der Waals surface area (Å²) < 4.78 is 1.97. The van der Waals surface area contributed by atoms with Gasteiger partial charge in [0.05, 0.1) is 5.75 Å². The van der Waals surface area contributed by atoms with Gasteiger partial charge in [0.2, 0.25) is 5.91 Å². The van der Waals surface area contributed by atoms with Gasteiger partial charge in [-0.15, -0.1) is 10.2 Å². The number of carbonyl (C=O) groups excluding carboxylic acids is 1. The van der Waals surface area contributed by atoms with E-state index in [1.165, 1.54) is 11.8 Å². The maximum Gasteiger partial charge on any atom is 0.234 e. The molecule has 168 valence electrons. The van der Waals surface area contributed by atoms with E-state index >= 15 is 0 Å². The zero-order valence-electron chi connectivity index (χ0n) is 18.4. The number of nitrogens with one attached hydrogen (secondary N) is 1. The quantitative estimate of drug-likeness (QED) is 0.270. The largest absolute Gasteiger partial charge is 0.325 e. The van der Waals surface area contributed by atoms with E-state index in [-0.39, 0.29) is 11.7 Å². The molecule has 1 heterocycles. The number of hydrogen-bond donors (Lipinski definition) is 1. The van der Waals surface area contributed by atoms with Crippen molar-refractivity contribution in [2.75, 3.05) is 11.1 Å². The van der Waals surface area contributed by atoms with Crippen LogP contribution in [0.4, 0.5) is 5.69 Å². The van der Waals surface area contributed by atoms with Crippen LogP contribution in [0.3, 0.4) is 0 Å². The maximum atomic E-state index is 12.8. The lowest BCUT2D eigenvalue weighted by Crippen LogP contribution is -2.14. The summed E-state index contributed by atoms with van der Waals surface area (Å²) in [5.74, 6) is 0.790. The van der Waals surface area contributed by atoms with Crippen LogP contribution < -0.4 is 5.32 Å². The molecule has 0 fully saturated rings. The average Bonchev–Trinajstić information content (AvgIpc) is 3.28. The maximum absolute atomic E-state index is 12.8. The van der Waals surface area contributed by atoms with Gasteiger partial charge in [-0.1, -0.05) is 77.5 Å². The number of anilines is 1. The van der Waals surface area contributed by atoms with Crippen LogP contribution in [0.5, 0.6) is 0 Å². The van der Waals surface area contributed by atoms with Crippen LogP contribution in [-0.2, 0) is 4.79 Å². The second-order valence-electron chi connectivity index (χ2n) is 7.85. The molecule has 0 atom stereocenters. The molecule has 1 amide bonds. The van der Waals surface area contributed by atoms with Crippen LogP contribution in [0.25, 0.3) is 27.8 Å². The van der Waals surface area contributed by atoms with Crippen LogP contribution in [-0.4, -0.2) is 26.4 Å². The first-order valence-corrected chi connectivity index (χ1v) is 12.1. The van der Waals surface area contributed by atoms with Crippen molar-refractivity contribution in [3.05, 3.63) is 102 Å². The third-order valence-corrected chi connectivity index (χ3v) is 6.60. The number of benzene rings is 4. The molecule has 0 aliphatic heterocycles. The predicted octanol–water partition coefficient (Wildman–Crippen LogP) is 6.78. The Labute approximate surface area is 206 Å². The third kappa shape index (κ3) is 4.69. The van der Waals surface area contributed by atoms with E-state index in [1.54, 1.807) is 0 Å². The van der Waals surface area contributed by atoms with Gasteiger partial charge in [0.1, 0.15) is 0 Å². The van der Waals surface area contributed by atoms with Crippen LogP contribution in [0.15, 0.2) is 96.2 Å². The number of fused-ring (bicyclic) bond motifs is 1. The van der Waals surface area contributed by atoms with E-state index in [0.717, 1.165) is 33.3 Å². The van der Waals surface area contributed by atoms with Gasteiger partial charge >= 0.3 is 0 Å². The fraction of sp³-hybridized carbons (Fsp3) is 0.0741. The molecule has 0 aliphatic rings. The lowest BCUT2D eigenvalue weighted by molar-refractivity contribution is -0.113. The second kappa shape index (κ2) is 9.71. The van der Waals surface area contributed by atoms with Crippen molar-refractivity contribution in [3.8, 4) is 17.1 Å². The van der Waals surface area contributed by atoms with E-state index in [9.17, 15) is 4.79 Å². The Morgan fingerprint density at radius 3 is 2.44 bits per heavy atom. The Morgan fingerprint density at radius 2 is 1.65 bits per heavy atom. The highest BCUT2D eigenvalue weighted by Gasteiger charge is 2.17. The number of halogens is 1. The predicted molar refractivity (Wildman–Crippen MR) is 140 cm³/mol. The molecule has 5 rings (SSSR count). The van der Waals surface area contributed by atoms with Gasteiger partial charge < -0.3 is 5.32 Å². The van der Waals surface area contributed by atoms with Crippen LogP contribution in [0.1, 0.15) is 5.56 Å². The minimum absolute atomic E-state index is 0.104. The number of nitrogens with zero attached hydrogens (tertiary/aromatic N) is 3. The molecule has 0 aliphatic carbocycles. The van der Waals surface area contributed by atoms with Crippen molar-refractivity contribution in [2.45, 2.75) is 12.1 Å². The fourth-order valence-corrected chi connectivity index (χ4v) is 4.60. The minimum Gasteiger partial charge on any atom is -0.325 e. The van der Waals surface area contributed by atoms with Crippen molar-refractivity contribution >= 4 is 45.7 Å². The summed E-state index contributed by atoms with van der Waals surface area (Å²) in [7, 11) is 0. The van der Waals surface area contributed by atoms with Gasteiger partial charge in [0, 0.05) is 27.3 Å². The molecular formula is C27H21ClN4OS. The number of aromatic nitrogens is 3. The monoisotopic (exact) mass is 484 g/mol. The summed E-state index contributed by atoms with van der Waals surface area (Å²) in [6.45, 7) is 2.04. The smallest absolute Gasteiger partial charge is 0.234 e. The normalized spacial score (nSPS) is 11.0. The summed E-state index contributed by atoms with van der Waals surface area (Å²) in [5.41, 5.74) is 3.78. The SMILES string of the molecule is Cc1ccc(-n2c(SCC(=O)Nc3cccc4ccccc34)nnc2-c2ccc(Cl)cc2)cc1. The topological polar surface area (TPSA) is 59.8 Å². The first-order valence-electron chi connectivity index (χ1n) is 10.8. The van der Waals surface area contributed by atoms with E-state index in [4.69, 9.17) is 11.6 Å². The highest BCUT2D eigenvalue weighted by atomic mass is 35.5. The number of thioether (sulfide) groups is 1. The van der Waals surface area contributed by atoms with Crippen molar-refractivity contribution in [2.24, 2.45) is 0 Å². The summed E-state index contributed by atoms with van der Waals surface area (Å²) in [6, 6.07) is 29.5. The number of aryl methyl sites for hydroxylation is 1. The molecule has 7 heteroatoms. The van der Waals surface area contributed by atoms with Crippen LogP contribution in [0, 0.1) is 6.92 Å². The van der Waals surface area contributed by atoms with Gasteiger partial charge in [-0.2, -0.15) is 0 Å². The van der Waals surface area contributed by atoms with Gasteiger partial charge in [-0.05, 0) is 54.8 Å². The molecule has 0 unspecified atom stereocenters. The minimum atomic E-state index is -0.104. The number of hydrogen-bond acceptors (Lipinski definition) is 4. The van der Waals surface area contributed by atoms with E-state index < -0.39 is 0 Å². The number of rotatable bonds is 6. The van der Waals surface area contributed by atoms with Crippen molar-refractivity contribution in [3.63, 3.8) is 0 Å². The molecule has 5 aromatic rings. The zero-order valence-corrected chi connectivity index (χ0v) is 20.0. The van der Waals surface area contributed by atoms with Crippen molar-refractivity contribution in [1.29, 1.82) is 0 Å². The third-order valence-electron chi connectivity index (χ3n) is 5.42. The Balaban J connectivity index is 1.41. The number of carbonyl (C=O) groups is 1. The van der Waals surface area contributed by atoms with Gasteiger partial charge in [-0.3, -0.25) is 9.36 Å². The zero-order chi connectivity index (χ0) is 23.5. The highest BCUT2D eigenvalue weighted by Crippen LogP contribution is 2.29. The molecule has 1 N–H and O–H groups in total. The molecule has 5 nitrogen and oxygen atoms in total. The lowest BCUT2D eigenvalue weighted by atomic mass is 10.1. The lowest BCUT2D eigenvalue weighted by Gasteiger charge is -2.11. The van der Waals surface area contributed by atoms with E-state index in [0.29, 0.717) is 16.0 Å². The molecule has 0 saturated heterocycles. The van der Waals surface area contributed by atoms with Crippen molar-refractivity contribution in [1.82, 2.24) is 14.8 Å². The molecule has 0 bridgehead atoms. The Hall–Kier alpha value is -3.61. The molecule has 1 aromatic heterocycles. The van der Waals surface area contributed by atoms with Crippen LogP contribution >= 0.6 is 23.4 Å². The molecule has 4 aromatic carbocycles. The highest BCUT2D eigenvalue weighted by molar-refractivity contribution is 7.99. The van der Waals surface area contributed by atoms with Crippen molar-refractivity contribution < 1.29 is 4.79 Å². The average molecular weight is 485 g/mol. The first kappa shape index (κ1) is 22.2. The molecule has 0 saturated carbocycles. The van der Waals surface area contributed by atoms with E-state index in [2.05, 4.69) is 15.5 Å². The Morgan fingerprint density at radius 1 is 0.912 bits per heavy atom. The summed E-state index contributed by atoms with van der Waals surface area (Å²) in [5, 5.41) is 15.3. The first-order chi connectivity index (χ1) is 16.6. The second-order valence-corrected chi connectivity index (χ2v) is 9.23. The van der Waals surface area contributed by atoms with Gasteiger partial charge in [0.25, 0.3) is 0 Å². The molecular weight excluding hydrogens is 464 g/mol. The standard InChI is InChI=1S/C27H21ClN4OS/c1-18-9-15-22(16-10-18)32-26(20-11-13-21(28)14-12-20)30-31-27(32)34-17-25(33)29-24-8-4-6-19-5-2-3-7-23(19)24/h2-16H,17H2,1H3,(H,29,33). The fourth-order valence-electron chi connectivity index (χ4n) is 3.73. The number of amides is 1. The van der Waals surface area contributed by atoms with Crippen LogP contribution in [0.2, 0.25) is 5.02 Å². The Bertz CT molecular complexity index is 1460. The molecule has 34 heavy (non-hydrogen) atoms. The summed E-state index contributed by atoms with van der Waals surface area (Å²) in [4.78, 5) is 12.8. The molecule has 0 spiro atoms. The van der Waals surface area contributed by atoms with Gasteiger partial charge in [0.15, 0.2) is 11.0 Å².